The molecule has 0 aliphatic rings. The van der Waals surface area contributed by atoms with E-state index in [1.807, 2.05) is 26.0 Å². The number of ether oxygens (including phenoxy) is 1. The van der Waals surface area contributed by atoms with Gasteiger partial charge in [-0.05, 0) is 42.7 Å². The molecule has 0 saturated carbocycles. The summed E-state index contributed by atoms with van der Waals surface area (Å²) >= 11 is 0. The maximum absolute atomic E-state index is 12.2. The van der Waals surface area contributed by atoms with Crippen LogP contribution < -0.4 is 15.8 Å². The van der Waals surface area contributed by atoms with Crippen molar-refractivity contribution in [2.75, 3.05) is 12.8 Å². The van der Waals surface area contributed by atoms with E-state index in [1.165, 1.54) is 0 Å². The van der Waals surface area contributed by atoms with Gasteiger partial charge in [0.15, 0.2) is 0 Å². The van der Waals surface area contributed by atoms with Gasteiger partial charge in [0.1, 0.15) is 0 Å². The number of rotatable bonds is 4. The summed E-state index contributed by atoms with van der Waals surface area (Å²) in [5.74, 6) is 0.382. The molecule has 1 aromatic heterocycles. The molecule has 0 unspecified atom stereocenters. The van der Waals surface area contributed by atoms with Crippen LogP contribution in [-0.4, -0.2) is 18.0 Å². The quantitative estimate of drug-likeness (QED) is 0.844. The lowest BCUT2D eigenvalue weighted by Gasteiger charge is -2.10. The van der Waals surface area contributed by atoms with Gasteiger partial charge in [0.25, 0.3) is 5.91 Å². The third-order valence-electron chi connectivity index (χ3n) is 3.32. The maximum atomic E-state index is 12.2. The fraction of sp³-hybridized carbons (Fsp3) is 0.250. The molecule has 0 aliphatic heterocycles. The van der Waals surface area contributed by atoms with Crippen LogP contribution in [0.5, 0.6) is 5.88 Å². The van der Waals surface area contributed by atoms with Crippen molar-refractivity contribution in [2.45, 2.75) is 20.4 Å². The Morgan fingerprint density at radius 1 is 1.29 bits per heavy atom. The molecule has 2 aromatic rings. The molecule has 1 aromatic carbocycles. The zero-order valence-electron chi connectivity index (χ0n) is 12.4. The van der Waals surface area contributed by atoms with Gasteiger partial charge >= 0.3 is 0 Å². The average Bonchev–Trinajstić information content (AvgIpc) is 2.48. The lowest BCUT2D eigenvalue weighted by atomic mass is 10.0. The van der Waals surface area contributed by atoms with Crippen LogP contribution in [0.2, 0.25) is 0 Å². The van der Waals surface area contributed by atoms with Gasteiger partial charge in [0.2, 0.25) is 5.88 Å². The largest absolute Gasteiger partial charge is 0.481 e. The van der Waals surface area contributed by atoms with Gasteiger partial charge < -0.3 is 15.8 Å². The van der Waals surface area contributed by atoms with Crippen molar-refractivity contribution in [2.24, 2.45) is 0 Å². The number of carbonyl (C=O) groups excluding carboxylic acids is 1. The molecule has 1 heterocycles. The molecule has 2 rings (SSSR count). The van der Waals surface area contributed by atoms with Gasteiger partial charge in [-0.2, -0.15) is 0 Å². The molecule has 5 nitrogen and oxygen atoms in total. The van der Waals surface area contributed by atoms with E-state index >= 15 is 0 Å². The summed E-state index contributed by atoms with van der Waals surface area (Å²) in [4.78, 5) is 16.3. The van der Waals surface area contributed by atoms with Crippen molar-refractivity contribution in [3.05, 3.63) is 52.7 Å². The normalized spacial score (nSPS) is 10.2. The number of hydrogen-bond acceptors (Lipinski definition) is 4. The van der Waals surface area contributed by atoms with Gasteiger partial charge in [0.05, 0.1) is 7.11 Å². The van der Waals surface area contributed by atoms with Crippen LogP contribution in [0.4, 0.5) is 5.69 Å². The van der Waals surface area contributed by atoms with Gasteiger partial charge in [-0.3, -0.25) is 4.79 Å². The smallest absolute Gasteiger partial charge is 0.251 e. The molecule has 0 aliphatic carbocycles. The number of amides is 1. The van der Waals surface area contributed by atoms with Gasteiger partial charge in [-0.15, -0.1) is 0 Å². The van der Waals surface area contributed by atoms with Crippen molar-refractivity contribution in [1.82, 2.24) is 10.3 Å². The second-order valence-electron chi connectivity index (χ2n) is 4.91. The molecular formula is C16H19N3O2. The monoisotopic (exact) mass is 285 g/mol. The standard InChI is InChI=1S/C16H19N3O2/c1-10-6-11(2)14(17)8-13(10)16(20)19-9-12-4-5-18-15(7-12)21-3/h4-8H,9,17H2,1-3H3,(H,19,20). The number of hydrogen-bond donors (Lipinski definition) is 2. The summed E-state index contributed by atoms with van der Waals surface area (Å²) in [6.07, 6.45) is 1.65. The predicted molar refractivity (Wildman–Crippen MR) is 82.3 cm³/mol. The number of nitrogen functional groups attached to an aromatic ring is 1. The second-order valence-corrected chi connectivity index (χ2v) is 4.91. The summed E-state index contributed by atoms with van der Waals surface area (Å²) in [6, 6.07) is 7.25. The predicted octanol–water partition coefficient (Wildman–Crippen LogP) is 2.22. The van der Waals surface area contributed by atoms with Crippen LogP contribution in [-0.2, 0) is 6.54 Å². The van der Waals surface area contributed by atoms with Gasteiger partial charge in [-0.25, -0.2) is 4.98 Å². The van der Waals surface area contributed by atoms with Crippen molar-refractivity contribution in [1.29, 1.82) is 0 Å². The molecule has 0 atom stereocenters. The van der Waals surface area contributed by atoms with Gasteiger partial charge in [0, 0.05) is 30.1 Å². The third kappa shape index (κ3) is 3.51. The first-order valence-electron chi connectivity index (χ1n) is 6.65. The molecule has 3 N–H and O–H groups in total. The van der Waals surface area contributed by atoms with Crippen LogP contribution in [0.25, 0.3) is 0 Å². The Morgan fingerprint density at radius 2 is 2.05 bits per heavy atom. The minimum Gasteiger partial charge on any atom is -0.481 e. The number of benzene rings is 1. The van der Waals surface area contributed by atoms with Crippen molar-refractivity contribution >= 4 is 11.6 Å². The van der Waals surface area contributed by atoms with Crippen LogP contribution >= 0.6 is 0 Å². The summed E-state index contributed by atoms with van der Waals surface area (Å²) < 4.78 is 5.05. The molecule has 0 fully saturated rings. The molecule has 0 saturated heterocycles. The van der Waals surface area contributed by atoms with E-state index in [4.69, 9.17) is 10.5 Å². The van der Waals surface area contributed by atoms with E-state index in [2.05, 4.69) is 10.3 Å². The highest BCUT2D eigenvalue weighted by molar-refractivity contribution is 5.96. The van der Waals surface area contributed by atoms with Crippen LogP contribution in [0.3, 0.4) is 0 Å². The van der Waals surface area contributed by atoms with E-state index in [-0.39, 0.29) is 5.91 Å². The number of nitrogens with two attached hydrogens (primary N) is 1. The summed E-state index contributed by atoms with van der Waals surface area (Å²) in [5.41, 5.74) is 9.89. The molecule has 0 spiro atoms. The fourth-order valence-electron chi connectivity index (χ4n) is 2.06. The van der Waals surface area contributed by atoms with Crippen LogP contribution in [0.15, 0.2) is 30.5 Å². The number of anilines is 1. The Kier molecular flexibility index (Phi) is 4.42. The second kappa shape index (κ2) is 6.26. The lowest BCUT2D eigenvalue weighted by Crippen LogP contribution is -2.24. The summed E-state index contributed by atoms with van der Waals surface area (Å²) in [5, 5.41) is 2.88. The van der Waals surface area contributed by atoms with Crippen molar-refractivity contribution < 1.29 is 9.53 Å². The number of aryl methyl sites for hydroxylation is 2. The SMILES string of the molecule is COc1cc(CNC(=O)c2cc(N)c(C)cc2C)ccn1. The topological polar surface area (TPSA) is 77.2 Å². The number of carbonyl (C=O) groups is 1. The number of aromatic nitrogens is 1. The number of pyridine rings is 1. The van der Waals surface area contributed by atoms with E-state index in [0.717, 1.165) is 16.7 Å². The van der Waals surface area contributed by atoms with Gasteiger partial charge in [-0.1, -0.05) is 6.07 Å². The lowest BCUT2D eigenvalue weighted by molar-refractivity contribution is 0.0950. The first-order chi connectivity index (χ1) is 10.0. The highest BCUT2D eigenvalue weighted by atomic mass is 16.5. The minimum atomic E-state index is -0.144. The number of nitrogens with zero attached hydrogens (tertiary/aromatic N) is 1. The number of nitrogens with one attached hydrogen (secondary N) is 1. The minimum absolute atomic E-state index is 0.144. The highest BCUT2D eigenvalue weighted by Gasteiger charge is 2.11. The first kappa shape index (κ1) is 14.8. The van der Waals surface area contributed by atoms with Crippen LogP contribution in [0, 0.1) is 13.8 Å². The molecule has 1 amide bonds. The van der Waals surface area contributed by atoms with E-state index < -0.39 is 0 Å². The Labute approximate surface area is 124 Å². The Morgan fingerprint density at radius 3 is 2.76 bits per heavy atom. The average molecular weight is 285 g/mol. The summed E-state index contributed by atoms with van der Waals surface area (Å²) in [6.45, 7) is 4.23. The zero-order chi connectivity index (χ0) is 15.4. The summed E-state index contributed by atoms with van der Waals surface area (Å²) in [7, 11) is 1.56. The molecule has 0 bridgehead atoms. The van der Waals surface area contributed by atoms with Crippen molar-refractivity contribution in [3.63, 3.8) is 0 Å². The maximum Gasteiger partial charge on any atom is 0.251 e. The van der Waals surface area contributed by atoms with Crippen molar-refractivity contribution in [3.8, 4) is 5.88 Å². The van der Waals surface area contributed by atoms with E-state index in [9.17, 15) is 4.79 Å². The molecule has 21 heavy (non-hydrogen) atoms. The Bertz CT molecular complexity index is 669. The number of methoxy groups -OCH3 is 1. The first-order valence-corrected chi connectivity index (χ1v) is 6.65. The highest BCUT2D eigenvalue weighted by Crippen LogP contribution is 2.18. The molecular weight excluding hydrogens is 266 g/mol. The Hall–Kier alpha value is -2.56. The fourth-order valence-corrected chi connectivity index (χ4v) is 2.06. The molecule has 110 valence electrons. The van der Waals surface area contributed by atoms with E-state index in [1.54, 1.807) is 25.4 Å². The molecule has 0 radical (unpaired) electrons. The Balaban J connectivity index is 2.10. The van der Waals surface area contributed by atoms with E-state index in [0.29, 0.717) is 23.7 Å². The zero-order valence-corrected chi connectivity index (χ0v) is 12.4. The molecule has 5 heteroatoms. The third-order valence-corrected chi connectivity index (χ3v) is 3.32. The van der Waals surface area contributed by atoms with Crippen LogP contribution in [0.1, 0.15) is 27.0 Å².